The smallest absolute Gasteiger partial charge is 0.0934 e. The van der Waals surface area contributed by atoms with Crippen LogP contribution < -0.4 is 0 Å². The molecule has 0 saturated heterocycles. The molecule has 0 fully saturated rings. The Kier molecular flexibility index (Phi) is 7.90. The van der Waals surface area contributed by atoms with Gasteiger partial charge < -0.3 is 13.9 Å². The molecular weight excluding hydrogens is 300 g/mol. The van der Waals surface area contributed by atoms with Gasteiger partial charge in [0.25, 0.3) is 0 Å². The van der Waals surface area contributed by atoms with Crippen LogP contribution in [0.25, 0.3) is 0 Å². The maximum Gasteiger partial charge on any atom is 0.0934 e. The van der Waals surface area contributed by atoms with Crippen LogP contribution in [0.1, 0.15) is 57.1 Å². The Bertz CT molecular complexity index is 566. The lowest BCUT2D eigenvalue weighted by molar-refractivity contribution is 0.143. The number of rotatable bonds is 11. The number of aryl methyl sites for hydroxylation is 2. The van der Waals surface area contributed by atoms with E-state index in [1.165, 1.54) is 16.7 Å². The highest BCUT2D eigenvalue weighted by Gasteiger charge is 2.11. The summed E-state index contributed by atoms with van der Waals surface area (Å²) < 4.78 is 10.2. The Morgan fingerprint density at radius 1 is 1.12 bits per heavy atom. The predicted octanol–water partition coefficient (Wildman–Crippen LogP) is 5.55. The van der Waals surface area contributed by atoms with Gasteiger partial charge in [0.05, 0.1) is 31.2 Å². The standard InChI is InChI=1S/C21H30O3/c1-17(5-3-7-19-9-11-23-15-19)13-21(22)14-18(2)6-4-8-20-10-12-24-16-20/h5,9-12,15-16,18,21-22H,3-4,6-8,13-14H2,1-2H3/t18-,21-/m1/s1. The summed E-state index contributed by atoms with van der Waals surface area (Å²) in [4.78, 5) is 0. The Morgan fingerprint density at radius 3 is 2.42 bits per heavy atom. The van der Waals surface area contributed by atoms with Gasteiger partial charge in [0.15, 0.2) is 0 Å². The van der Waals surface area contributed by atoms with Gasteiger partial charge in [-0.2, -0.15) is 0 Å². The maximum atomic E-state index is 10.3. The SMILES string of the molecule is CC(=CCCc1ccoc1)C[C@@H](O)C[C@H](C)CCCc1ccoc1. The van der Waals surface area contributed by atoms with Gasteiger partial charge >= 0.3 is 0 Å². The molecule has 0 aromatic carbocycles. The van der Waals surface area contributed by atoms with Gasteiger partial charge in [-0.3, -0.25) is 0 Å². The molecule has 0 bridgehead atoms. The van der Waals surface area contributed by atoms with Crippen LogP contribution >= 0.6 is 0 Å². The first kappa shape index (κ1) is 18.6. The Labute approximate surface area is 145 Å². The average molecular weight is 330 g/mol. The zero-order valence-corrected chi connectivity index (χ0v) is 14.9. The summed E-state index contributed by atoms with van der Waals surface area (Å²) in [6, 6.07) is 4.03. The van der Waals surface area contributed by atoms with Crippen LogP contribution in [0, 0.1) is 5.92 Å². The molecule has 2 aromatic rings. The highest BCUT2D eigenvalue weighted by Crippen LogP contribution is 2.19. The van der Waals surface area contributed by atoms with Gasteiger partial charge in [-0.05, 0) is 74.6 Å². The first-order valence-corrected chi connectivity index (χ1v) is 8.99. The first-order chi connectivity index (χ1) is 11.6. The summed E-state index contributed by atoms with van der Waals surface area (Å²) in [5.74, 6) is 0.547. The number of hydrogen-bond donors (Lipinski definition) is 1. The minimum atomic E-state index is -0.237. The van der Waals surface area contributed by atoms with Gasteiger partial charge in [0, 0.05) is 0 Å². The van der Waals surface area contributed by atoms with E-state index in [-0.39, 0.29) is 6.10 Å². The zero-order chi connectivity index (χ0) is 17.2. The van der Waals surface area contributed by atoms with E-state index in [9.17, 15) is 5.11 Å². The van der Waals surface area contributed by atoms with Crippen molar-refractivity contribution in [3.8, 4) is 0 Å². The fourth-order valence-electron chi connectivity index (χ4n) is 3.13. The molecule has 0 aliphatic rings. The van der Waals surface area contributed by atoms with E-state index >= 15 is 0 Å². The molecule has 132 valence electrons. The van der Waals surface area contributed by atoms with E-state index in [1.54, 1.807) is 18.8 Å². The van der Waals surface area contributed by atoms with Crippen LogP contribution in [-0.2, 0) is 12.8 Å². The highest BCUT2D eigenvalue weighted by atomic mass is 16.3. The van der Waals surface area contributed by atoms with E-state index in [0.29, 0.717) is 5.92 Å². The molecule has 0 unspecified atom stereocenters. The molecule has 24 heavy (non-hydrogen) atoms. The van der Waals surface area contributed by atoms with Crippen molar-refractivity contribution >= 4 is 0 Å². The lowest BCUT2D eigenvalue weighted by atomic mass is 9.93. The molecule has 3 heteroatoms. The van der Waals surface area contributed by atoms with E-state index < -0.39 is 0 Å². The van der Waals surface area contributed by atoms with E-state index in [0.717, 1.165) is 44.9 Å². The second kappa shape index (κ2) is 10.2. The minimum absolute atomic E-state index is 0.237. The quantitative estimate of drug-likeness (QED) is 0.549. The van der Waals surface area contributed by atoms with Crippen molar-refractivity contribution in [1.29, 1.82) is 0 Å². The van der Waals surface area contributed by atoms with Gasteiger partial charge in [0.2, 0.25) is 0 Å². The molecule has 3 nitrogen and oxygen atoms in total. The Hall–Kier alpha value is -1.74. The van der Waals surface area contributed by atoms with Crippen molar-refractivity contribution < 1.29 is 13.9 Å². The van der Waals surface area contributed by atoms with Crippen molar-refractivity contribution in [3.63, 3.8) is 0 Å². The summed E-state index contributed by atoms with van der Waals surface area (Å²) >= 11 is 0. The Balaban J connectivity index is 1.59. The summed E-state index contributed by atoms with van der Waals surface area (Å²) in [5.41, 5.74) is 3.77. The summed E-state index contributed by atoms with van der Waals surface area (Å²) in [6.07, 6.45) is 16.0. The lowest BCUT2D eigenvalue weighted by Gasteiger charge is -2.16. The van der Waals surface area contributed by atoms with Crippen LogP contribution in [-0.4, -0.2) is 11.2 Å². The molecule has 0 radical (unpaired) electrons. The molecule has 2 aromatic heterocycles. The molecule has 0 spiro atoms. The molecule has 2 rings (SSSR count). The first-order valence-electron chi connectivity index (χ1n) is 8.99. The average Bonchev–Trinajstić information content (AvgIpc) is 3.20. The van der Waals surface area contributed by atoms with Crippen molar-refractivity contribution in [1.82, 2.24) is 0 Å². The highest BCUT2D eigenvalue weighted by molar-refractivity contribution is 5.08. The lowest BCUT2D eigenvalue weighted by Crippen LogP contribution is -2.12. The molecule has 0 aliphatic heterocycles. The molecule has 2 atom stereocenters. The Morgan fingerprint density at radius 2 is 1.79 bits per heavy atom. The molecule has 0 saturated carbocycles. The fourth-order valence-corrected chi connectivity index (χ4v) is 3.13. The van der Waals surface area contributed by atoms with E-state index in [2.05, 4.69) is 19.9 Å². The van der Waals surface area contributed by atoms with Gasteiger partial charge in [0.1, 0.15) is 0 Å². The van der Waals surface area contributed by atoms with Gasteiger partial charge in [-0.25, -0.2) is 0 Å². The molecule has 0 amide bonds. The number of furan rings is 2. The normalized spacial score (nSPS) is 14.7. The summed E-state index contributed by atoms with van der Waals surface area (Å²) in [5, 5.41) is 10.3. The molecule has 0 aliphatic carbocycles. The third kappa shape index (κ3) is 7.22. The van der Waals surface area contributed by atoms with Crippen LogP contribution in [0.4, 0.5) is 0 Å². The fraction of sp³-hybridized carbons (Fsp3) is 0.524. The van der Waals surface area contributed by atoms with Crippen LogP contribution in [0.3, 0.4) is 0 Å². The largest absolute Gasteiger partial charge is 0.472 e. The number of aliphatic hydroxyl groups excluding tert-OH is 1. The topological polar surface area (TPSA) is 46.5 Å². The monoisotopic (exact) mass is 330 g/mol. The molecule has 1 N–H and O–H groups in total. The van der Waals surface area contributed by atoms with Crippen LogP contribution in [0.2, 0.25) is 0 Å². The van der Waals surface area contributed by atoms with Gasteiger partial charge in [-0.15, -0.1) is 0 Å². The number of allylic oxidation sites excluding steroid dienone is 1. The third-order valence-corrected chi connectivity index (χ3v) is 4.48. The van der Waals surface area contributed by atoms with Crippen molar-refractivity contribution in [2.75, 3.05) is 0 Å². The summed E-state index contributed by atoms with van der Waals surface area (Å²) in [7, 11) is 0. The van der Waals surface area contributed by atoms with Crippen molar-refractivity contribution in [2.24, 2.45) is 5.92 Å². The molecular formula is C21H30O3. The summed E-state index contributed by atoms with van der Waals surface area (Å²) in [6.45, 7) is 4.35. The van der Waals surface area contributed by atoms with Crippen molar-refractivity contribution in [2.45, 2.75) is 64.9 Å². The van der Waals surface area contributed by atoms with Crippen molar-refractivity contribution in [3.05, 3.63) is 60.0 Å². The second-order valence-corrected chi connectivity index (χ2v) is 6.94. The number of hydrogen-bond acceptors (Lipinski definition) is 3. The maximum absolute atomic E-state index is 10.3. The minimum Gasteiger partial charge on any atom is -0.472 e. The zero-order valence-electron chi connectivity index (χ0n) is 14.9. The molecule has 2 heterocycles. The van der Waals surface area contributed by atoms with Crippen LogP contribution in [0.5, 0.6) is 0 Å². The van der Waals surface area contributed by atoms with E-state index in [1.807, 2.05) is 18.4 Å². The number of aliphatic hydroxyl groups is 1. The second-order valence-electron chi connectivity index (χ2n) is 6.94. The van der Waals surface area contributed by atoms with E-state index in [4.69, 9.17) is 8.83 Å². The third-order valence-electron chi connectivity index (χ3n) is 4.48. The van der Waals surface area contributed by atoms with Crippen LogP contribution in [0.15, 0.2) is 57.7 Å². The van der Waals surface area contributed by atoms with Gasteiger partial charge in [-0.1, -0.05) is 25.0 Å². The predicted molar refractivity (Wildman–Crippen MR) is 96.8 cm³/mol.